The summed E-state index contributed by atoms with van der Waals surface area (Å²) >= 11 is 0. The summed E-state index contributed by atoms with van der Waals surface area (Å²) in [5.74, 6) is 0.0657. The van der Waals surface area contributed by atoms with Crippen LogP contribution in [0.5, 0.6) is 0 Å². The van der Waals surface area contributed by atoms with Gasteiger partial charge in [-0.2, -0.15) is 0 Å². The molecule has 6 heteroatoms. The third-order valence-corrected chi connectivity index (χ3v) is 4.23. The molecule has 0 aromatic carbocycles. The lowest BCUT2D eigenvalue weighted by molar-refractivity contribution is -0.129. The molecule has 6 nitrogen and oxygen atoms in total. The van der Waals surface area contributed by atoms with Gasteiger partial charge in [-0.3, -0.25) is 14.7 Å². The minimum atomic E-state index is -0.468. The van der Waals surface area contributed by atoms with Crippen molar-refractivity contribution in [2.75, 3.05) is 39.4 Å². The molecule has 2 atom stereocenters. The van der Waals surface area contributed by atoms with E-state index in [9.17, 15) is 9.90 Å². The molecule has 1 aromatic heterocycles. The number of rotatable bonds is 3. The van der Waals surface area contributed by atoms with Gasteiger partial charge in [0.25, 0.3) is 0 Å². The number of amides is 1. The predicted octanol–water partition coefficient (Wildman–Crippen LogP) is -0.472. The number of hydrogen-bond acceptors (Lipinski definition) is 5. The van der Waals surface area contributed by atoms with Crippen LogP contribution in [-0.4, -0.2) is 77.3 Å². The zero-order valence-corrected chi connectivity index (χ0v) is 12.0. The summed E-state index contributed by atoms with van der Waals surface area (Å²) in [5, 5.41) is 10.2. The number of carbonyl (C=O) groups excluding carboxylic acids is 1. The number of aliphatic hydroxyl groups excluding tert-OH is 1. The summed E-state index contributed by atoms with van der Waals surface area (Å²) in [6.45, 7) is 4.08. The molecule has 0 unspecified atom stereocenters. The quantitative estimate of drug-likeness (QED) is 0.815. The fourth-order valence-corrected chi connectivity index (χ4v) is 3.03. The van der Waals surface area contributed by atoms with Crippen LogP contribution in [0.3, 0.4) is 0 Å². The Kier molecular flexibility index (Phi) is 4.48. The van der Waals surface area contributed by atoms with Gasteiger partial charge in [-0.15, -0.1) is 0 Å². The maximum Gasteiger partial charge on any atom is 0.227 e. The van der Waals surface area contributed by atoms with Gasteiger partial charge in [-0.1, -0.05) is 0 Å². The molecule has 1 N–H and O–H groups in total. The molecule has 2 saturated heterocycles. The number of carbonyl (C=O) groups is 1. The molecule has 0 bridgehead atoms. The van der Waals surface area contributed by atoms with Gasteiger partial charge < -0.3 is 14.7 Å². The summed E-state index contributed by atoms with van der Waals surface area (Å²) in [7, 11) is 0. The number of aliphatic hydroxyl groups is 1. The maximum atomic E-state index is 12.3. The van der Waals surface area contributed by atoms with E-state index in [1.165, 1.54) is 0 Å². The summed E-state index contributed by atoms with van der Waals surface area (Å²) < 4.78 is 5.34. The topological polar surface area (TPSA) is 65.9 Å². The van der Waals surface area contributed by atoms with Crippen LogP contribution in [0.15, 0.2) is 24.5 Å². The molecule has 3 rings (SSSR count). The molecule has 0 radical (unpaired) electrons. The Morgan fingerprint density at radius 3 is 2.71 bits per heavy atom. The average Bonchev–Trinajstić information content (AvgIpc) is 2.91. The summed E-state index contributed by atoms with van der Waals surface area (Å²) in [4.78, 5) is 20.3. The molecule has 0 spiro atoms. The Hall–Kier alpha value is -1.50. The van der Waals surface area contributed by atoms with E-state index in [4.69, 9.17) is 4.74 Å². The highest BCUT2D eigenvalue weighted by Gasteiger charge is 2.37. The lowest BCUT2D eigenvalue weighted by Crippen LogP contribution is -2.49. The lowest BCUT2D eigenvalue weighted by atomic mass is 10.1. The van der Waals surface area contributed by atoms with E-state index in [1.54, 1.807) is 17.3 Å². The highest BCUT2D eigenvalue weighted by molar-refractivity contribution is 5.79. The summed E-state index contributed by atoms with van der Waals surface area (Å²) in [6.07, 6.45) is 3.28. The molecule has 1 amide bonds. The van der Waals surface area contributed by atoms with E-state index < -0.39 is 6.10 Å². The number of β-amino-alcohol motifs (C(OH)–C–C–N with tert-alkyl or cyclic N) is 1. The van der Waals surface area contributed by atoms with Gasteiger partial charge in [-0.05, 0) is 17.7 Å². The molecule has 2 aliphatic rings. The van der Waals surface area contributed by atoms with Gasteiger partial charge in [0.05, 0.1) is 31.8 Å². The van der Waals surface area contributed by atoms with Crippen LogP contribution >= 0.6 is 0 Å². The Labute approximate surface area is 124 Å². The van der Waals surface area contributed by atoms with E-state index in [2.05, 4.69) is 9.88 Å². The van der Waals surface area contributed by atoms with Crippen molar-refractivity contribution < 1.29 is 14.6 Å². The van der Waals surface area contributed by atoms with Crippen molar-refractivity contribution in [1.82, 2.24) is 14.8 Å². The largest absolute Gasteiger partial charge is 0.390 e. The standard InChI is InChI=1S/C15H21N3O3/c19-14-11-18(10-13(14)17-5-7-21-8-6-17)15(20)9-12-1-3-16-4-2-12/h1-4,13-14,19H,5-11H2/t13-,14-/m0/s1. The van der Waals surface area contributed by atoms with Crippen molar-refractivity contribution >= 4 is 5.91 Å². The molecule has 114 valence electrons. The molecule has 0 saturated carbocycles. The second-order valence-corrected chi connectivity index (χ2v) is 5.61. The molecule has 2 aliphatic heterocycles. The normalized spacial score (nSPS) is 27.0. The molecular formula is C15H21N3O3. The molecule has 0 aliphatic carbocycles. The van der Waals surface area contributed by atoms with Crippen molar-refractivity contribution in [3.05, 3.63) is 30.1 Å². The van der Waals surface area contributed by atoms with Crippen LogP contribution in [0.1, 0.15) is 5.56 Å². The molecule has 2 fully saturated rings. The zero-order valence-electron chi connectivity index (χ0n) is 12.0. The van der Waals surface area contributed by atoms with Gasteiger partial charge in [0.1, 0.15) is 0 Å². The lowest BCUT2D eigenvalue weighted by Gasteiger charge is -2.33. The number of hydrogen-bond donors (Lipinski definition) is 1. The van der Waals surface area contributed by atoms with Crippen molar-refractivity contribution in [1.29, 1.82) is 0 Å². The molecule has 21 heavy (non-hydrogen) atoms. The van der Waals surface area contributed by atoms with E-state index in [-0.39, 0.29) is 11.9 Å². The second-order valence-electron chi connectivity index (χ2n) is 5.61. The molecule has 3 heterocycles. The van der Waals surface area contributed by atoms with Gasteiger partial charge in [0.2, 0.25) is 5.91 Å². The van der Waals surface area contributed by atoms with E-state index in [0.29, 0.717) is 32.7 Å². The van der Waals surface area contributed by atoms with Crippen LogP contribution in [-0.2, 0) is 16.0 Å². The average molecular weight is 291 g/mol. The van der Waals surface area contributed by atoms with Crippen LogP contribution in [0.25, 0.3) is 0 Å². The van der Waals surface area contributed by atoms with Gasteiger partial charge in [0.15, 0.2) is 0 Å². The van der Waals surface area contributed by atoms with Crippen LogP contribution in [0.2, 0.25) is 0 Å². The monoisotopic (exact) mass is 291 g/mol. The highest BCUT2D eigenvalue weighted by atomic mass is 16.5. The number of pyridine rings is 1. The van der Waals surface area contributed by atoms with Crippen LogP contribution in [0.4, 0.5) is 0 Å². The maximum absolute atomic E-state index is 12.3. The van der Waals surface area contributed by atoms with Gasteiger partial charge in [0, 0.05) is 38.6 Å². The van der Waals surface area contributed by atoms with Crippen molar-refractivity contribution in [3.63, 3.8) is 0 Å². The third kappa shape index (κ3) is 3.40. The zero-order chi connectivity index (χ0) is 14.7. The predicted molar refractivity (Wildman–Crippen MR) is 76.7 cm³/mol. The van der Waals surface area contributed by atoms with Crippen molar-refractivity contribution in [3.8, 4) is 0 Å². The van der Waals surface area contributed by atoms with Crippen LogP contribution in [0, 0.1) is 0 Å². The summed E-state index contributed by atoms with van der Waals surface area (Å²) in [5.41, 5.74) is 0.958. The van der Waals surface area contributed by atoms with E-state index in [1.807, 2.05) is 12.1 Å². The number of nitrogens with zero attached hydrogens (tertiary/aromatic N) is 3. The van der Waals surface area contributed by atoms with E-state index in [0.717, 1.165) is 18.7 Å². The fraction of sp³-hybridized carbons (Fsp3) is 0.600. The van der Waals surface area contributed by atoms with Crippen LogP contribution < -0.4 is 0 Å². The first-order valence-corrected chi connectivity index (χ1v) is 7.40. The minimum absolute atomic E-state index is 0.0373. The first-order chi connectivity index (χ1) is 10.2. The second kappa shape index (κ2) is 6.51. The Balaban J connectivity index is 1.58. The minimum Gasteiger partial charge on any atom is -0.390 e. The first kappa shape index (κ1) is 14.4. The SMILES string of the molecule is O=C(Cc1ccncc1)N1C[C@H](O)[C@@H](N2CCOCC2)C1. The van der Waals surface area contributed by atoms with E-state index >= 15 is 0 Å². The highest BCUT2D eigenvalue weighted by Crippen LogP contribution is 2.18. The molecular weight excluding hydrogens is 270 g/mol. The number of likely N-dealkylation sites (tertiary alicyclic amines) is 1. The Morgan fingerprint density at radius 2 is 2.00 bits per heavy atom. The molecule has 1 aromatic rings. The number of morpholine rings is 1. The van der Waals surface area contributed by atoms with Crippen molar-refractivity contribution in [2.45, 2.75) is 18.6 Å². The third-order valence-electron chi connectivity index (χ3n) is 4.23. The Bertz CT molecular complexity index is 476. The summed E-state index contributed by atoms with van der Waals surface area (Å²) in [6, 6.07) is 3.74. The van der Waals surface area contributed by atoms with Gasteiger partial charge in [-0.25, -0.2) is 0 Å². The number of aromatic nitrogens is 1. The van der Waals surface area contributed by atoms with Gasteiger partial charge >= 0.3 is 0 Å². The Morgan fingerprint density at radius 1 is 1.29 bits per heavy atom. The fourth-order valence-electron chi connectivity index (χ4n) is 3.03. The van der Waals surface area contributed by atoms with Crippen molar-refractivity contribution in [2.24, 2.45) is 0 Å². The number of ether oxygens (including phenoxy) is 1. The smallest absolute Gasteiger partial charge is 0.227 e. The first-order valence-electron chi connectivity index (χ1n) is 7.40.